The predicted molar refractivity (Wildman–Crippen MR) is 113 cm³/mol. The molecule has 1 saturated carbocycles. The summed E-state index contributed by atoms with van der Waals surface area (Å²) in [6.45, 7) is 7.11. The number of hydrogen-bond acceptors (Lipinski definition) is 5. The molecule has 2 rings (SSSR count). The summed E-state index contributed by atoms with van der Waals surface area (Å²) < 4.78 is 30.8. The Labute approximate surface area is 174 Å². The Bertz CT molecular complexity index is 820. The first-order valence-corrected chi connectivity index (χ1v) is 12.0. The molecule has 1 atom stereocenters. The number of benzene rings is 1. The van der Waals surface area contributed by atoms with Crippen molar-refractivity contribution < 1.29 is 22.7 Å². The van der Waals surface area contributed by atoms with Crippen molar-refractivity contribution in [2.24, 2.45) is 11.8 Å². The monoisotopic (exact) mass is 423 g/mol. The zero-order chi connectivity index (χ0) is 21.7. The third kappa shape index (κ3) is 7.46. The number of ketones is 1. The molecule has 29 heavy (non-hydrogen) atoms. The number of ether oxygens (including phenoxy) is 1. The normalized spacial score (nSPS) is 16.8. The number of rotatable bonds is 7. The van der Waals surface area contributed by atoms with Crippen molar-refractivity contribution >= 4 is 21.7 Å². The van der Waals surface area contributed by atoms with E-state index in [1.165, 1.54) is 12.5 Å². The van der Waals surface area contributed by atoms with E-state index >= 15 is 0 Å². The first-order valence-electron chi connectivity index (χ1n) is 10.3. The highest BCUT2D eigenvalue weighted by molar-refractivity contribution is 7.91. The average Bonchev–Trinajstić information content (AvgIpc) is 2.64. The smallest absolute Gasteiger partial charge is 0.407 e. The van der Waals surface area contributed by atoms with Crippen molar-refractivity contribution in [2.75, 3.05) is 12.3 Å². The fourth-order valence-corrected chi connectivity index (χ4v) is 5.27. The van der Waals surface area contributed by atoms with Crippen molar-refractivity contribution in [1.82, 2.24) is 5.32 Å². The SMILES string of the molecule is CC(CNC(=O)OC(C)(C)C)C(=O)c1cccc(S(=O)(=O)CC2CCCCC2)c1. The molecule has 7 heteroatoms. The summed E-state index contributed by atoms with van der Waals surface area (Å²) in [5, 5.41) is 2.59. The molecule has 0 aliphatic heterocycles. The van der Waals surface area contributed by atoms with Crippen molar-refractivity contribution in [1.29, 1.82) is 0 Å². The fourth-order valence-electron chi connectivity index (χ4n) is 3.53. The van der Waals surface area contributed by atoms with Crippen LogP contribution in [0.2, 0.25) is 0 Å². The number of Topliss-reactive ketones (excluding diaryl/α,β-unsaturated/α-hetero) is 1. The molecule has 0 saturated heterocycles. The van der Waals surface area contributed by atoms with Gasteiger partial charge in [0.25, 0.3) is 0 Å². The molecule has 1 unspecified atom stereocenters. The lowest BCUT2D eigenvalue weighted by atomic mass is 9.91. The van der Waals surface area contributed by atoms with E-state index in [2.05, 4.69) is 5.32 Å². The van der Waals surface area contributed by atoms with Crippen LogP contribution in [-0.4, -0.2) is 38.2 Å². The second-order valence-electron chi connectivity index (χ2n) is 8.96. The van der Waals surface area contributed by atoms with E-state index < -0.39 is 27.4 Å². The van der Waals surface area contributed by atoms with Gasteiger partial charge < -0.3 is 10.1 Å². The summed E-state index contributed by atoms with van der Waals surface area (Å²) in [7, 11) is -3.43. The molecule has 1 aliphatic carbocycles. The van der Waals surface area contributed by atoms with E-state index in [4.69, 9.17) is 4.74 Å². The Morgan fingerprint density at radius 3 is 2.45 bits per heavy atom. The first-order chi connectivity index (χ1) is 13.5. The molecule has 1 aromatic carbocycles. The van der Waals surface area contributed by atoms with Gasteiger partial charge in [-0.3, -0.25) is 4.79 Å². The van der Waals surface area contributed by atoms with Crippen LogP contribution in [0.5, 0.6) is 0 Å². The van der Waals surface area contributed by atoms with Gasteiger partial charge >= 0.3 is 6.09 Å². The summed E-state index contributed by atoms with van der Waals surface area (Å²) in [4.78, 5) is 24.7. The minimum absolute atomic E-state index is 0.118. The lowest BCUT2D eigenvalue weighted by Crippen LogP contribution is -2.36. The Morgan fingerprint density at radius 1 is 1.17 bits per heavy atom. The van der Waals surface area contributed by atoms with Crippen LogP contribution < -0.4 is 5.32 Å². The number of hydrogen-bond donors (Lipinski definition) is 1. The highest BCUT2D eigenvalue weighted by Crippen LogP contribution is 2.27. The van der Waals surface area contributed by atoms with Crippen LogP contribution in [0, 0.1) is 11.8 Å². The van der Waals surface area contributed by atoms with E-state index in [1.54, 1.807) is 45.9 Å². The standard InChI is InChI=1S/C22H33NO5S/c1-16(14-23-21(25)28-22(2,3)4)20(24)18-11-8-12-19(13-18)29(26,27)15-17-9-6-5-7-10-17/h8,11-13,16-17H,5-7,9-10,14-15H2,1-4H3,(H,23,25). The van der Waals surface area contributed by atoms with Crippen molar-refractivity contribution in [3.05, 3.63) is 29.8 Å². The Hall–Kier alpha value is -1.89. The van der Waals surface area contributed by atoms with E-state index in [9.17, 15) is 18.0 Å². The summed E-state index contributed by atoms with van der Waals surface area (Å²) in [5.74, 6) is -0.375. The minimum Gasteiger partial charge on any atom is -0.444 e. The Kier molecular flexibility index (Phi) is 7.86. The van der Waals surface area contributed by atoms with E-state index in [0.29, 0.717) is 5.56 Å². The zero-order valence-electron chi connectivity index (χ0n) is 17.9. The molecule has 1 fully saturated rings. The van der Waals surface area contributed by atoms with Crippen LogP contribution in [0.25, 0.3) is 0 Å². The van der Waals surface area contributed by atoms with Gasteiger partial charge in [0, 0.05) is 18.0 Å². The number of carbonyl (C=O) groups excluding carboxylic acids is 2. The van der Waals surface area contributed by atoms with E-state index in [0.717, 1.165) is 25.7 Å². The van der Waals surface area contributed by atoms with Gasteiger partial charge in [0.2, 0.25) is 0 Å². The third-order valence-corrected chi connectivity index (χ3v) is 6.94. The molecule has 1 amide bonds. The Balaban J connectivity index is 2.01. The van der Waals surface area contributed by atoms with Crippen molar-refractivity contribution in [2.45, 2.75) is 70.3 Å². The number of carbonyl (C=O) groups is 2. The number of amides is 1. The van der Waals surface area contributed by atoms with E-state index in [-0.39, 0.29) is 28.9 Å². The average molecular weight is 424 g/mol. The van der Waals surface area contributed by atoms with Crippen molar-refractivity contribution in [3.63, 3.8) is 0 Å². The molecule has 0 bridgehead atoms. The largest absolute Gasteiger partial charge is 0.444 e. The van der Waals surface area contributed by atoms with Crippen LogP contribution in [0.15, 0.2) is 29.2 Å². The maximum Gasteiger partial charge on any atom is 0.407 e. The quantitative estimate of drug-likeness (QED) is 0.657. The summed E-state index contributed by atoms with van der Waals surface area (Å²) in [6.07, 6.45) is 4.66. The molecule has 0 radical (unpaired) electrons. The molecule has 1 aliphatic rings. The second-order valence-corrected chi connectivity index (χ2v) is 11.0. The first kappa shape index (κ1) is 23.4. The third-order valence-electron chi connectivity index (χ3n) is 5.06. The molecule has 0 heterocycles. The van der Waals surface area contributed by atoms with E-state index in [1.807, 2.05) is 0 Å². The maximum atomic E-state index is 12.8. The van der Waals surface area contributed by atoms with Gasteiger partial charge in [-0.2, -0.15) is 0 Å². The second kappa shape index (κ2) is 9.74. The molecule has 1 N–H and O–H groups in total. The van der Waals surface area contributed by atoms with Gasteiger partial charge in [-0.25, -0.2) is 13.2 Å². The summed E-state index contributed by atoms with van der Waals surface area (Å²) >= 11 is 0. The Morgan fingerprint density at radius 2 is 1.83 bits per heavy atom. The van der Waals surface area contributed by atoms with Gasteiger partial charge in [-0.05, 0) is 51.7 Å². The van der Waals surface area contributed by atoms with Crippen LogP contribution in [0.3, 0.4) is 0 Å². The minimum atomic E-state index is -3.43. The van der Waals surface area contributed by atoms with Gasteiger partial charge in [0.1, 0.15) is 5.60 Å². The number of alkyl carbamates (subject to hydrolysis) is 1. The lowest BCUT2D eigenvalue weighted by molar-refractivity contribution is 0.0520. The molecule has 1 aromatic rings. The number of nitrogens with one attached hydrogen (secondary N) is 1. The zero-order valence-corrected chi connectivity index (χ0v) is 18.7. The molecule has 6 nitrogen and oxygen atoms in total. The van der Waals surface area contributed by atoms with Crippen LogP contribution in [0.1, 0.15) is 70.2 Å². The highest BCUT2D eigenvalue weighted by Gasteiger charge is 2.25. The molecule has 162 valence electrons. The molecule has 0 spiro atoms. The molecule has 0 aromatic heterocycles. The molecular weight excluding hydrogens is 390 g/mol. The maximum absolute atomic E-state index is 12.8. The predicted octanol–water partition coefficient (Wildman–Crippen LogP) is 4.38. The summed E-state index contributed by atoms with van der Waals surface area (Å²) in [6, 6.07) is 6.24. The lowest BCUT2D eigenvalue weighted by Gasteiger charge is -2.21. The van der Waals surface area contributed by atoms with Crippen molar-refractivity contribution in [3.8, 4) is 0 Å². The van der Waals surface area contributed by atoms with Gasteiger partial charge in [0.05, 0.1) is 10.6 Å². The van der Waals surface area contributed by atoms with Crippen LogP contribution in [-0.2, 0) is 14.6 Å². The van der Waals surface area contributed by atoms with Gasteiger partial charge in [-0.1, -0.05) is 38.3 Å². The van der Waals surface area contributed by atoms with Crippen LogP contribution >= 0.6 is 0 Å². The fraction of sp³-hybridized carbons (Fsp3) is 0.636. The highest BCUT2D eigenvalue weighted by atomic mass is 32.2. The van der Waals surface area contributed by atoms with Gasteiger partial charge in [0.15, 0.2) is 15.6 Å². The number of sulfone groups is 1. The molecular formula is C22H33NO5S. The van der Waals surface area contributed by atoms with Gasteiger partial charge in [-0.15, -0.1) is 0 Å². The van der Waals surface area contributed by atoms with Crippen LogP contribution in [0.4, 0.5) is 4.79 Å². The topological polar surface area (TPSA) is 89.5 Å². The summed E-state index contributed by atoms with van der Waals surface area (Å²) in [5.41, 5.74) is -0.272.